The third-order valence-electron chi connectivity index (χ3n) is 2.82. The summed E-state index contributed by atoms with van der Waals surface area (Å²) in [5.41, 5.74) is 3.16. The normalized spacial score (nSPS) is 11.2. The van der Waals surface area contributed by atoms with Gasteiger partial charge in [-0.25, -0.2) is 4.98 Å². The number of thiazole rings is 1. The molecule has 0 fully saturated rings. The molecule has 0 saturated carbocycles. The van der Waals surface area contributed by atoms with Crippen molar-refractivity contribution in [3.8, 4) is 0 Å². The Kier molecular flexibility index (Phi) is 5.31. The van der Waals surface area contributed by atoms with Gasteiger partial charge < -0.3 is 4.90 Å². The SMILES string of the molecule is Cc1cccc(CN(C)CCc2nc(CCl)cs2)n1. The third-order valence-corrected chi connectivity index (χ3v) is 4.05. The Morgan fingerprint density at radius 2 is 2.11 bits per heavy atom. The molecule has 19 heavy (non-hydrogen) atoms. The van der Waals surface area contributed by atoms with E-state index in [1.807, 2.05) is 18.4 Å². The number of pyridine rings is 1. The molecule has 0 aliphatic rings. The summed E-state index contributed by atoms with van der Waals surface area (Å²) >= 11 is 7.44. The molecule has 0 atom stereocenters. The van der Waals surface area contributed by atoms with Gasteiger partial charge in [0.05, 0.1) is 22.3 Å². The second kappa shape index (κ2) is 6.98. The van der Waals surface area contributed by atoms with Gasteiger partial charge in [0.15, 0.2) is 0 Å². The van der Waals surface area contributed by atoms with Crippen LogP contribution in [0.1, 0.15) is 22.1 Å². The lowest BCUT2D eigenvalue weighted by molar-refractivity contribution is 0.326. The van der Waals surface area contributed by atoms with Crippen molar-refractivity contribution in [3.05, 3.63) is 45.7 Å². The Labute approximate surface area is 123 Å². The summed E-state index contributed by atoms with van der Waals surface area (Å²) < 4.78 is 0. The molecule has 2 rings (SSSR count). The molecule has 0 unspecified atom stereocenters. The number of alkyl halides is 1. The molecule has 0 aliphatic carbocycles. The Balaban J connectivity index is 1.82. The lowest BCUT2D eigenvalue weighted by atomic mass is 10.3. The van der Waals surface area contributed by atoms with Crippen molar-refractivity contribution in [2.24, 2.45) is 0 Å². The molecule has 0 saturated heterocycles. The molecule has 2 heterocycles. The standard InChI is InChI=1S/C14H18ClN3S/c1-11-4-3-5-12(16-11)9-18(2)7-6-14-17-13(8-15)10-19-14/h3-5,10H,6-9H2,1-2H3. The predicted octanol–water partition coefficient (Wildman–Crippen LogP) is 3.26. The second-order valence-electron chi connectivity index (χ2n) is 4.62. The average molecular weight is 296 g/mol. The first-order valence-corrected chi connectivity index (χ1v) is 7.69. The van der Waals surface area contributed by atoms with Crippen LogP contribution in [0.15, 0.2) is 23.6 Å². The zero-order valence-corrected chi connectivity index (χ0v) is 12.8. The first-order valence-electron chi connectivity index (χ1n) is 6.27. The van der Waals surface area contributed by atoms with Crippen LogP contribution in [0.5, 0.6) is 0 Å². The molecule has 0 aromatic carbocycles. The summed E-state index contributed by atoms with van der Waals surface area (Å²) in [6.45, 7) is 3.87. The maximum atomic E-state index is 5.75. The first kappa shape index (κ1) is 14.4. The smallest absolute Gasteiger partial charge is 0.0941 e. The van der Waals surface area contributed by atoms with Crippen LogP contribution in [0.25, 0.3) is 0 Å². The van der Waals surface area contributed by atoms with Gasteiger partial charge in [0.25, 0.3) is 0 Å². The Hall–Kier alpha value is -0.970. The van der Waals surface area contributed by atoms with Gasteiger partial charge in [-0.1, -0.05) is 6.07 Å². The highest BCUT2D eigenvalue weighted by Gasteiger charge is 2.05. The van der Waals surface area contributed by atoms with Crippen LogP contribution >= 0.6 is 22.9 Å². The van der Waals surface area contributed by atoms with Crippen molar-refractivity contribution in [2.75, 3.05) is 13.6 Å². The second-order valence-corrected chi connectivity index (χ2v) is 5.83. The molecule has 3 nitrogen and oxygen atoms in total. The van der Waals surface area contributed by atoms with Gasteiger partial charge in [0, 0.05) is 30.6 Å². The van der Waals surface area contributed by atoms with E-state index < -0.39 is 0 Å². The summed E-state index contributed by atoms with van der Waals surface area (Å²) in [7, 11) is 2.11. The fourth-order valence-electron chi connectivity index (χ4n) is 1.85. The fourth-order valence-corrected chi connectivity index (χ4v) is 2.87. The minimum atomic E-state index is 0.500. The Bertz CT molecular complexity index is 527. The van der Waals surface area contributed by atoms with Gasteiger partial charge in [-0.3, -0.25) is 4.98 Å². The quantitative estimate of drug-likeness (QED) is 0.766. The minimum Gasteiger partial charge on any atom is -0.300 e. The number of aromatic nitrogens is 2. The lowest BCUT2D eigenvalue weighted by Gasteiger charge is -2.15. The molecule has 0 radical (unpaired) electrons. The van der Waals surface area contributed by atoms with E-state index in [2.05, 4.69) is 34.0 Å². The Morgan fingerprint density at radius 1 is 1.26 bits per heavy atom. The zero-order valence-electron chi connectivity index (χ0n) is 11.3. The summed E-state index contributed by atoms with van der Waals surface area (Å²) in [6, 6.07) is 6.14. The van der Waals surface area contributed by atoms with Crippen molar-refractivity contribution >= 4 is 22.9 Å². The summed E-state index contributed by atoms with van der Waals surface area (Å²) in [6.07, 6.45) is 0.962. The number of likely N-dealkylation sites (N-methyl/N-ethyl adjacent to an activating group) is 1. The number of halogens is 1. The third kappa shape index (κ3) is 4.56. The van der Waals surface area contributed by atoms with E-state index in [9.17, 15) is 0 Å². The summed E-state index contributed by atoms with van der Waals surface area (Å²) in [4.78, 5) is 11.2. The van der Waals surface area contributed by atoms with E-state index in [4.69, 9.17) is 11.6 Å². The highest BCUT2D eigenvalue weighted by atomic mass is 35.5. The predicted molar refractivity (Wildman–Crippen MR) is 80.7 cm³/mol. The molecule has 0 N–H and O–H groups in total. The van der Waals surface area contributed by atoms with E-state index in [1.165, 1.54) is 0 Å². The van der Waals surface area contributed by atoms with E-state index in [1.54, 1.807) is 11.3 Å². The van der Waals surface area contributed by atoms with Gasteiger partial charge in [-0.15, -0.1) is 22.9 Å². The molecule has 2 aromatic heterocycles. The van der Waals surface area contributed by atoms with Gasteiger partial charge in [0.1, 0.15) is 0 Å². The highest BCUT2D eigenvalue weighted by Crippen LogP contribution is 2.12. The molecule has 0 spiro atoms. The minimum absolute atomic E-state index is 0.500. The lowest BCUT2D eigenvalue weighted by Crippen LogP contribution is -2.21. The van der Waals surface area contributed by atoms with Crippen LogP contribution in [0.2, 0.25) is 0 Å². The average Bonchev–Trinajstić information content (AvgIpc) is 2.84. The zero-order chi connectivity index (χ0) is 13.7. The van der Waals surface area contributed by atoms with Crippen molar-refractivity contribution in [1.29, 1.82) is 0 Å². The number of hydrogen-bond donors (Lipinski definition) is 0. The van der Waals surface area contributed by atoms with E-state index in [0.717, 1.165) is 41.6 Å². The maximum Gasteiger partial charge on any atom is 0.0941 e. The van der Waals surface area contributed by atoms with Crippen LogP contribution in [0, 0.1) is 6.92 Å². The maximum absolute atomic E-state index is 5.75. The molecule has 0 bridgehead atoms. The molecular formula is C14H18ClN3S. The topological polar surface area (TPSA) is 29.0 Å². The van der Waals surface area contributed by atoms with Crippen molar-refractivity contribution in [2.45, 2.75) is 25.8 Å². The largest absolute Gasteiger partial charge is 0.300 e. The van der Waals surface area contributed by atoms with E-state index in [-0.39, 0.29) is 0 Å². The van der Waals surface area contributed by atoms with Gasteiger partial charge in [-0.05, 0) is 26.1 Å². The summed E-state index contributed by atoms with van der Waals surface area (Å²) in [5.74, 6) is 0.500. The Morgan fingerprint density at radius 3 is 2.79 bits per heavy atom. The van der Waals surface area contributed by atoms with Crippen LogP contribution in [0.4, 0.5) is 0 Å². The molecule has 2 aromatic rings. The number of aryl methyl sites for hydroxylation is 1. The van der Waals surface area contributed by atoms with Crippen molar-refractivity contribution in [1.82, 2.24) is 14.9 Å². The fraction of sp³-hybridized carbons (Fsp3) is 0.429. The monoisotopic (exact) mass is 295 g/mol. The molecular weight excluding hydrogens is 278 g/mol. The van der Waals surface area contributed by atoms with Crippen LogP contribution in [0.3, 0.4) is 0 Å². The van der Waals surface area contributed by atoms with Crippen molar-refractivity contribution in [3.63, 3.8) is 0 Å². The molecule has 0 aliphatic heterocycles. The van der Waals surface area contributed by atoms with Crippen LogP contribution < -0.4 is 0 Å². The number of nitrogens with zero attached hydrogens (tertiary/aromatic N) is 3. The summed E-state index contributed by atoms with van der Waals surface area (Å²) in [5, 5.41) is 3.18. The van der Waals surface area contributed by atoms with E-state index in [0.29, 0.717) is 5.88 Å². The van der Waals surface area contributed by atoms with Gasteiger partial charge >= 0.3 is 0 Å². The first-order chi connectivity index (χ1) is 9.17. The molecule has 102 valence electrons. The number of rotatable bonds is 6. The number of hydrogen-bond acceptors (Lipinski definition) is 4. The van der Waals surface area contributed by atoms with Crippen LogP contribution in [-0.4, -0.2) is 28.5 Å². The molecule has 0 amide bonds. The van der Waals surface area contributed by atoms with Crippen molar-refractivity contribution < 1.29 is 0 Å². The molecule has 5 heteroatoms. The van der Waals surface area contributed by atoms with E-state index >= 15 is 0 Å². The highest BCUT2D eigenvalue weighted by molar-refractivity contribution is 7.09. The van der Waals surface area contributed by atoms with Gasteiger partial charge in [-0.2, -0.15) is 0 Å². The van der Waals surface area contributed by atoms with Crippen LogP contribution in [-0.2, 0) is 18.8 Å². The van der Waals surface area contributed by atoms with Gasteiger partial charge in [0.2, 0.25) is 0 Å².